The molecule has 11 heavy (non-hydrogen) atoms. The molecule has 0 aromatic rings. The average Bonchev–Trinajstić information content (AvgIpc) is 2.81. The predicted octanol–water partition coefficient (Wildman–Crippen LogP) is 2.12. The highest BCUT2D eigenvalue weighted by Gasteiger charge is 2.20. The summed E-state index contributed by atoms with van der Waals surface area (Å²) < 4.78 is 0. The number of rotatable bonds is 3. The summed E-state index contributed by atoms with van der Waals surface area (Å²) in [5, 5.41) is 6.39. The summed E-state index contributed by atoms with van der Waals surface area (Å²) >= 11 is 1.24. The van der Waals surface area contributed by atoms with E-state index in [9.17, 15) is 0 Å². The average molecular weight is 170 g/mol. The maximum absolute atomic E-state index is 5.42. The van der Waals surface area contributed by atoms with Crippen LogP contribution in [0.3, 0.4) is 0 Å². The van der Waals surface area contributed by atoms with E-state index in [0.717, 1.165) is 11.5 Å². The molecule has 2 N–H and O–H groups in total. The molecule has 0 bridgehead atoms. The first-order valence-corrected chi connectivity index (χ1v) is 4.86. The van der Waals surface area contributed by atoms with Crippen LogP contribution >= 0.6 is 11.9 Å². The van der Waals surface area contributed by atoms with Gasteiger partial charge in [-0.25, -0.2) is 0 Å². The van der Waals surface area contributed by atoms with Crippen molar-refractivity contribution in [3.05, 3.63) is 12.2 Å². The van der Waals surface area contributed by atoms with Crippen molar-refractivity contribution in [3.8, 4) is 0 Å². The van der Waals surface area contributed by atoms with Crippen molar-refractivity contribution in [1.29, 1.82) is 0 Å². The molecule has 0 heterocycles. The Morgan fingerprint density at radius 3 is 2.91 bits per heavy atom. The monoisotopic (exact) mass is 170 g/mol. The van der Waals surface area contributed by atoms with Crippen LogP contribution in [0.1, 0.15) is 26.2 Å². The van der Waals surface area contributed by atoms with E-state index < -0.39 is 0 Å². The van der Waals surface area contributed by atoms with Crippen molar-refractivity contribution in [2.75, 3.05) is 0 Å². The van der Waals surface area contributed by atoms with E-state index in [-0.39, 0.29) is 0 Å². The van der Waals surface area contributed by atoms with Crippen LogP contribution in [-0.4, -0.2) is 11.1 Å². The Hall–Kier alpha value is -0.280. The molecule has 62 valence electrons. The minimum atomic E-state index is 0.572. The fourth-order valence-electron chi connectivity index (χ4n) is 0.715. The number of aliphatic imine (C=N–C) groups is 1. The number of nitrogens with two attached hydrogens (primary N) is 1. The first kappa shape index (κ1) is 8.81. The van der Waals surface area contributed by atoms with Gasteiger partial charge in [0.15, 0.2) is 0 Å². The normalized spacial score (nSPS) is 19.6. The van der Waals surface area contributed by atoms with Crippen molar-refractivity contribution in [1.82, 2.24) is 0 Å². The second kappa shape index (κ2) is 4.57. The van der Waals surface area contributed by atoms with Gasteiger partial charge in [0.05, 0.1) is 6.04 Å². The molecular formula is C8H14N2S. The largest absolute Gasteiger partial charge is 0.274 e. The third kappa shape index (κ3) is 3.58. The third-order valence-corrected chi connectivity index (χ3v) is 1.96. The molecule has 0 unspecified atom stereocenters. The standard InChI is InChI=1S/C8H14N2S/c1-2-3-4-8(11-9)10-7-5-6-7/h3-4,7H,2,5-6,9H2,1H3. The van der Waals surface area contributed by atoms with Gasteiger partial charge in [0.25, 0.3) is 0 Å². The topological polar surface area (TPSA) is 38.4 Å². The fourth-order valence-corrected chi connectivity index (χ4v) is 1.10. The van der Waals surface area contributed by atoms with Gasteiger partial charge in [0.2, 0.25) is 0 Å². The highest BCUT2D eigenvalue weighted by Crippen LogP contribution is 2.24. The zero-order valence-corrected chi connectivity index (χ0v) is 7.60. The van der Waals surface area contributed by atoms with Crippen LogP contribution in [0.4, 0.5) is 0 Å². The molecule has 1 fully saturated rings. The van der Waals surface area contributed by atoms with E-state index in [1.54, 1.807) is 0 Å². The maximum atomic E-state index is 5.42. The van der Waals surface area contributed by atoms with Crippen LogP contribution in [0.2, 0.25) is 0 Å². The summed E-state index contributed by atoms with van der Waals surface area (Å²) in [6.45, 7) is 2.10. The number of nitrogens with zero attached hydrogens (tertiary/aromatic N) is 1. The summed E-state index contributed by atoms with van der Waals surface area (Å²) in [6, 6.07) is 0.572. The van der Waals surface area contributed by atoms with Crippen molar-refractivity contribution in [2.24, 2.45) is 10.1 Å². The molecule has 1 aliphatic carbocycles. The van der Waals surface area contributed by atoms with Crippen molar-refractivity contribution >= 4 is 17.0 Å². The first-order chi connectivity index (χ1) is 5.36. The lowest BCUT2D eigenvalue weighted by atomic mass is 10.4. The van der Waals surface area contributed by atoms with E-state index >= 15 is 0 Å². The number of hydrogen-bond donors (Lipinski definition) is 1. The Kier molecular flexibility index (Phi) is 3.66. The lowest BCUT2D eigenvalue weighted by Crippen LogP contribution is -1.94. The molecule has 1 rings (SSSR count). The van der Waals surface area contributed by atoms with Gasteiger partial charge in [-0.05, 0) is 37.3 Å². The Bertz CT molecular complexity index is 171. The number of hydrogen-bond acceptors (Lipinski definition) is 3. The molecule has 0 aromatic heterocycles. The van der Waals surface area contributed by atoms with Crippen LogP contribution in [0.15, 0.2) is 17.1 Å². The molecule has 0 radical (unpaired) electrons. The van der Waals surface area contributed by atoms with Crippen LogP contribution in [0, 0.1) is 0 Å². The van der Waals surface area contributed by atoms with Crippen LogP contribution in [0.25, 0.3) is 0 Å². The summed E-state index contributed by atoms with van der Waals surface area (Å²) in [6.07, 6.45) is 7.61. The van der Waals surface area contributed by atoms with Gasteiger partial charge >= 0.3 is 0 Å². The molecular weight excluding hydrogens is 156 g/mol. The molecule has 0 aliphatic heterocycles. The van der Waals surface area contributed by atoms with Gasteiger partial charge in [-0.2, -0.15) is 0 Å². The molecule has 1 aliphatic rings. The van der Waals surface area contributed by atoms with Gasteiger partial charge < -0.3 is 0 Å². The van der Waals surface area contributed by atoms with Crippen molar-refractivity contribution in [3.63, 3.8) is 0 Å². The van der Waals surface area contributed by atoms with Gasteiger partial charge in [0.1, 0.15) is 5.04 Å². The second-order valence-corrected chi connectivity index (χ2v) is 3.28. The minimum Gasteiger partial charge on any atom is -0.274 e. The summed E-state index contributed by atoms with van der Waals surface area (Å²) in [5.41, 5.74) is 0. The molecule has 0 atom stereocenters. The van der Waals surface area contributed by atoms with Gasteiger partial charge in [-0.1, -0.05) is 13.0 Å². The van der Waals surface area contributed by atoms with E-state index in [4.69, 9.17) is 5.14 Å². The van der Waals surface area contributed by atoms with Crippen LogP contribution in [-0.2, 0) is 0 Å². The van der Waals surface area contributed by atoms with Crippen LogP contribution in [0.5, 0.6) is 0 Å². The maximum Gasteiger partial charge on any atom is 0.105 e. The Labute approximate surface area is 72.1 Å². The van der Waals surface area contributed by atoms with Gasteiger partial charge in [-0.15, -0.1) is 0 Å². The van der Waals surface area contributed by atoms with Gasteiger partial charge in [0, 0.05) is 0 Å². The molecule has 2 nitrogen and oxygen atoms in total. The zero-order chi connectivity index (χ0) is 8.10. The van der Waals surface area contributed by atoms with E-state index in [1.807, 2.05) is 6.08 Å². The minimum absolute atomic E-state index is 0.572. The quantitative estimate of drug-likeness (QED) is 0.400. The molecule has 0 aromatic carbocycles. The van der Waals surface area contributed by atoms with Crippen molar-refractivity contribution < 1.29 is 0 Å². The lowest BCUT2D eigenvalue weighted by Gasteiger charge is -1.93. The summed E-state index contributed by atoms with van der Waals surface area (Å²) in [7, 11) is 0. The zero-order valence-electron chi connectivity index (χ0n) is 6.79. The summed E-state index contributed by atoms with van der Waals surface area (Å²) in [5.74, 6) is 0. The highest BCUT2D eigenvalue weighted by molar-refractivity contribution is 8.12. The van der Waals surface area contributed by atoms with E-state index in [0.29, 0.717) is 6.04 Å². The smallest absolute Gasteiger partial charge is 0.105 e. The van der Waals surface area contributed by atoms with E-state index in [1.165, 1.54) is 24.8 Å². The SMILES string of the molecule is CCC=CC(=NC1CC1)SN. The Balaban J connectivity index is 2.40. The Morgan fingerprint density at radius 2 is 2.45 bits per heavy atom. The number of allylic oxidation sites excluding steroid dienone is 1. The van der Waals surface area contributed by atoms with Crippen LogP contribution < -0.4 is 5.14 Å². The molecule has 0 spiro atoms. The molecule has 0 amide bonds. The molecule has 3 heteroatoms. The molecule has 0 saturated heterocycles. The Morgan fingerprint density at radius 1 is 1.73 bits per heavy atom. The van der Waals surface area contributed by atoms with Crippen molar-refractivity contribution in [2.45, 2.75) is 32.2 Å². The highest BCUT2D eigenvalue weighted by atomic mass is 32.2. The lowest BCUT2D eigenvalue weighted by molar-refractivity contribution is 1.07. The molecule has 1 saturated carbocycles. The second-order valence-electron chi connectivity index (χ2n) is 2.63. The predicted molar refractivity (Wildman–Crippen MR) is 51.7 cm³/mol. The third-order valence-electron chi connectivity index (χ3n) is 1.47. The van der Waals surface area contributed by atoms with Gasteiger partial charge in [-0.3, -0.25) is 10.1 Å². The first-order valence-electron chi connectivity index (χ1n) is 3.98. The van der Waals surface area contributed by atoms with E-state index in [2.05, 4.69) is 18.0 Å². The summed E-state index contributed by atoms with van der Waals surface area (Å²) in [4.78, 5) is 4.41. The fraction of sp³-hybridized carbons (Fsp3) is 0.625.